The molecule has 0 amide bonds. The number of nitro benzene ring substituents is 1. The first kappa shape index (κ1) is 10.5. The van der Waals surface area contributed by atoms with Crippen molar-refractivity contribution in [1.82, 2.24) is 0 Å². The van der Waals surface area contributed by atoms with E-state index >= 15 is 0 Å². The lowest BCUT2D eigenvalue weighted by Crippen LogP contribution is -1.94. The van der Waals surface area contributed by atoms with Crippen LogP contribution >= 0.6 is 12.6 Å². The quantitative estimate of drug-likeness (QED) is 0.334. The van der Waals surface area contributed by atoms with E-state index in [0.717, 1.165) is 6.07 Å². The highest BCUT2D eigenvalue weighted by Crippen LogP contribution is 2.19. The molecule has 1 rings (SSSR count). The normalized spacial score (nSPS) is 9.00. The molecule has 0 radical (unpaired) electrons. The summed E-state index contributed by atoms with van der Waals surface area (Å²) < 4.78 is 13.3. The van der Waals surface area contributed by atoms with Crippen LogP contribution in [-0.4, -0.2) is 10.7 Å². The van der Waals surface area contributed by atoms with Gasteiger partial charge in [-0.05, 0) is 6.07 Å². The predicted molar refractivity (Wildman–Crippen MR) is 53.8 cm³/mol. The van der Waals surface area contributed by atoms with Gasteiger partial charge in [0.2, 0.25) is 5.82 Å². The van der Waals surface area contributed by atoms with E-state index < -0.39 is 16.4 Å². The van der Waals surface area contributed by atoms with Crippen molar-refractivity contribution in [3.8, 4) is 11.8 Å². The molecule has 0 aliphatic carbocycles. The minimum Gasteiger partial charge on any atom is -0.258 e. The van der Waals surface area contributed by atoms with Crippen LogP contribution in [0.4, 0.5) is 10.1 Å². The van der Waals surface area contributed by atoms with Crippen molar-refractivity contribution in [3.63, 3.8) is 0 Å². The Balaban J connectivity index is 3.20. The molecule has 0 N–H and O–H groups in total. The molecule has 0 heterocycles. The largest absolute Gasteiger partial charge is 0.306 e. The first-order chi connectivity index (χ1) is 6.66. The smallest absolute Gasteiger partial charge is 0.258 e. The van der Waals surface area contributed by atoms with Gasteiger partial charge in [-0.15, -0.1) is 0 Å². The molecule has 1 aromatic carbocycles. The summed E-state index contributed by atoms with van der Waals surface area (Å²) in [4.78, 5) is 9.57. The fraction of sp³-hybridized carbons (Fsp3) is 0.111. The average Bonchev–Trinajstić information content (AvgIpc) is 2.16. The minimum absolute atomic E-state index is 0.0215. The third kappa shape index (κ3) is 2.24. The number of rotatable bonds is 1. The number of nitro groups is 1. The summed E-state index contributed by atoms with van der Waals surface area (Å²) in [6.07, 6.45) is 0. The van der Waals surface area contributed by atoms with E-state index in [2.05, 4.69) is 24.5 Å². The van der Waals surface area contributed by atoms with Gasteiger partial charge < -0.3 is 0 Å². The van der Waals surface area contributed by atoms with Crippen molar-refractivity contribution >= 4 is 18.3 Å². The predicted octanol–water partition coefficient (Wildman–Crippen LogP) is 2.02. The Labute approximate surface area is 85.5 Å². The molecule has 0 saturated heterocycles. The van der Waals surface area contributed by atoms with Gasteiger partial charge in [-0.1, -0.05) is 17.9 Å². The molecule has 0 fully saturated rings. The monoisotopic (exact) mass is 211 g/mol. The first-order valence-corrected chi connectivity index (χ1v) is 4.32. The molecular weight excluding hydrogens is 205 g/mol. The van der Waals surface area contributed by atoms with Crippen LogP contribution in [-0.2, 0) is 0 Å². The second-order valence-corrected chi connectivity index (χ2v) is 2.67. The van der Waals surface area contributed by atoms with Gasteiger partial charge in [-0.3, -0.25) is 10.1 Å². The molecule has 5 heteroatoms. The molecule has 1 aromatic rings. The second-order valence-electron chi connectivity index (χ2n) is 2.36. The molecule has 0 atom stereocenters. The van der Waals surface area contributed by atoms with Crippen LogP contribution in [0.1, 0.15) is 5.56 Å². The SMILES string of the molecule is O=[N+]([O-])c1cccc(C#CCS)c1F. The fourth-order valence-electron chi connectivity index (χ4n) is 0.892. The molecule has 72 valence electrons. The van der Waals surface area contributed by atoms with Crippen molar-refractivity contribution in [2.24, 2.45) is 0 Å². The van der Waals surface area contributed by atoms with Crippen LogP contribution < -0.4 is 0 Å². The van der Waals surface area contributed by atoms with Crippen LogP contribution in [0.25, 0.3) is 0 Å². The van der Waals surface area contributed by atoms with Gasteiger partial charge in [0.15, 0.2) is 0 Å². The zero-order valence-corrected chi connectivity index (χ0v) is 7.92. The van der Waals surface area contributed by atoms with Crippen LogP contribution in [0.3, 0.4) is 0 Å². The van der Waals surface area contributed by atoms with E-state index in [1.807, 2.05) is 0 Å². The Bertz CT molecular complexity index is 423. The highest BCUT2D eigenvalue weighted by Gasteiger charge is 2.15. The van der Waals surface area contributed by atoms with Gasteiger partial charge in [0.1, 0.15) is 0 Å². The summed E-state index contributed by atoms with van der Waals surface area (Å²) in [7, 11) is 0. The van der Waals surface area contributed by atoms with E-state index in [4.69, 9.17) is 0 Å². The minimum atomic E-state index is -0.896. The summed E-state index contributed by atoms with van der Waals surface area (Å²) in [5.41, 5.74) is -0.538. The lowest BCUT2D eigenvalue weighted by atomic mass is 10.2. The summed E-state index contributed by atoms with van der Waals surface area (Å²) in [5, 5.41) is 10.4. The Morgan fingerprint density at radius 1 is 1.57 bits per heavy atom. The number of nitrogens with zero attached hydrogens (tertiary/aromatic N) is 1. The number of hydrogen-bond acceptors (Lipinski definition) is 3. The maximum absolute atomic E-state index is 13.3. The average molecular weight is 211 g/mol. The second kappa shape index (κ2) is 4.63. The van der Waals surface area contributed by atoms with Gasteiger partial charge in [0.25, 0.3) is 0 Å². The molecule has 3 nitrogen and oxygen atoms in total. The van der Waals surface area contributed by atoms with Crippen LogP contribution in [0.5, 0.6) is 0 Å². The Morgan fingerprint density at radius 2 is 2.29 bits per heavy atom. The fourth-order valence-corrected chi connectivity index (χ4v) is 0.971. The van der Waals surface area contributed by atoms with Crippen molar-refractivity contribution in [1.29, 1.82) is 0 Å². The summed E-state index contributed by atoms with van der Waals surface area (Å²) >= 11 is 3.82. The highest BCUT2D eigenvalue weighted by molar-refractivity contribution is 7.80. The van der Waals surface area contributed by atoms with E-state index in [0.29, 0.717) is 0 Å². The summed E-state index contributed by atoms with van der Waals surface area (Å²) in [5.74, 6) is 4.36. The number of thiol groups is 1. The van der Waals surface area contributed by atoms with Gasteiger partial charge in [0, 0.05) is 6.07 Å². The standard InChI is InChI=1S/C9H6FNO2S/c10-9-7(4-2-6-14)3-1-5-8(9)11(12)13/h1,3,5,14H,6H2. The van der Waals surface area contributed by atoms with Crippen molar-refractivity contribution in [2.75, 3.05) is 5.75 Å². The number of benzene rings is 1. The van der Waals surface area contributed by atoms with Crippen molar-refractivity contribution < 1.29 is 9.31 Å². The Morgan fingerprint density at radius 3 is 2.86 bits per heavy atom. The van der Waals surface area contributed by atoms with E-state index in [1.165, 1.54) is 12.1 Å². The summed E-state index contributed by atoms with van der Waals surface area (Å²) in [6.45, 7) is 0. The van der Waals surface area contributed by atoms with Gasteiger partial charge in [-0.2, -0.15) is 17.0 Å². The molecule has 0 bridgehead atoms. The van der Waals surface area contributed by atoms with Gasteiger partial charge >= 0.3 is 5.69 Å². The zero-order chi connectivity index (χ0) is 10.6. The van der Waals surface area contributed by atoms with E-state index in [1.54, 1.807) is 0 Å². The molecule has 14 heavy (non-hydrogen) atoms. The third-order valence-corrected chi connectivity index (χ3v) is 1.64. The summed E-state index contributed by atoms with van der Waals surface area (Å²) in [6, 6.07) is 3.88. The number of hydrogen-bond donors (Lipinski definition) is 1. The maximum Gasteiger partial charge on any atom is 0.306 e. The van der Waals surface area contributed by atoms with Crippen LogP contribution in [0, 0.1) is 27.8 Å². The third-order valence-electron chi connectivity index (χ3n) is 1.48. The van der Waals surface area contributed by atoms with Crippen LogP contribution in [0.2, 0.25) is 0 Å². The number of halogens is 1. The van der Waals surface area contributed by atoms with Crippen LogP contribution in [0.15, 0.2) is 18.2 Å². The molecule has 0 unspecified atom stereocenters. The molecule has 0 saturated carbocycles. The Hall–Kier alpha value is -1.54. The molecule has 0 spiro atoms. The van der Waals surface area contributed by atoms with Gasteiger partial charge in [0.05, 0.1) is 16.2 Å². The van der Waals surface area contributed by atoms with E-state index in [9.17, 15) is 14.5 Å². The molecule has 0 aliphatic heterocycles. The Kier molecular flexibility index (Phi) is 3.48. The topological polar surface area (TPSA) is 43.1 Å². The van der Waals surface area contributed by atoms with Crippen molar-refractivity contribution in [2.45, 2.75) is 0 Å². The first-order valence-electron chi connectivity index (χ1n) is 3.69. The molecular formula is C9H6FNO2S. The molecule has 0 aliphatic rings. The maximum atomic E-state index is 13.3. The molecule has 0 aromatic heterocycles. The van der Waals surface area contributed by atoms with E-state index in [-0.39, 0.29) is 11.3 Å². The lowest BCUT2D eigenvalue weighted by molar-refractivity contribution is -0.387. The zero-order valence-electron chi connectivity index (χ0n) is 7.03. The lowest BCUT2D eigenvalue weighted by Gasteiger charge is -1.95. The highest BCUT2D eigenvalue weighted by atomic mass is 32.1. The van der Waals surface area contributed by atoms with Gasteiger partial charge in [-0.25, -0.2) is 0 Å². The van der Waals surface area contributed by atoms with Crippen molar-refractivity contribution in [3.05, 3.63) is 39.7 Å².